The minimum Gasteiger partial charge on any atom is -0.496 e. The van der Waals surface area contributed by atoms with Gasteiger partial charge in [0.25, 0.3) is 5.91 Å². The lowest BCUT2D eigenvalue weighted by atomic mass is 10.0. The fourth-order valence-corrected chi connectivity index (χ4v) is 3.11. The molecular weight excluding hydrogens is 308 g/mol. The fraction of sp³-hybridized carbons (Fsp3) is 0.556. The number of ether oxygens (including phenoxy) is 2. The summed E-state index contributed by atoms with van der Waals surface area (Å²) < 4.78 is 10.6. The van der Waals surface area contributed by atoms with Gasteiger partial charge in [-0.3, -0.25) is 9.59 Å². The van der Waals surface area contributed by atoms with Crippen molar-refractivity contribution in [3.63, 3.8) is 0 Å². The van der Waals surface area contributed by atoms with Crippen LogP contribution in [-0.4, -0.2) is 50.1 Å². The summed E-state index contributed by atoms with van der Waals surface area (Å²) in [4.78, 5) is 26.5. The number of rotatable bonds is 5. The van der Waals surface area contributed by atoms with Gasteiger partial charge in [-0.1, -0.05) is 6.07 Å². The van der Waals surface area contributed by atoms with Crippen molar-refractivity contribution >= 4 is 11.8 Å². The third kappa shape index (κ3) is 3.47. The smallest absolute Gasteiger partial charge is 0.261 e. The first kappa shape index (κ1) is 16.6. The van der Waals surface area contributed by atoms with Gasteiger partial charge in [0.15, 0.2) is 0 Å². The SMILES string of the molecule is COc1cccc(OC)c1C(=O)N1CCC(NC(=O)C2CC2)CC1. The van der Waals surface area contributed by atoms with E-state index in [1.54, 1.807) is 37.3 Å². The number of amides is 2. The molecule has 0 radical (unpaired) electrons. The number of hydrogen-bond donors (Lipinski definition) is 1. The Hall–Kier alpha value is -2.24. The lowest BCUT2D eigenvalue weighted by Gasteiger charge is -2.33. The predicted molar refractivity (Wildman–Crippen MR) is 89.3 cm³/mol. The van der Waals surface area contributed by atoms with Gasteiger partial charge in [-0.15, -0.1) is 0 Å². The molecule has 0 aromatic heterocycles. The van der Waals surface area contributed by atoms with Crippen LogP contribution in [0.15, 0.2) is 18.2 Å². The normalized spacial score (nSPS) is 18.2. The molecule has 6 nitrogen and oxygen atoms in total. The summed E-state index contributed by atoms with van der Waals surface area (Å²) in [5.41, 5.74) is 0.461. The molecule has 1 aliphatic heterocycles. The average Bonchev–Trinajstić information content (AvgIpc) is 3.46. The van der Waals surface area contributed by atoms with Gasteiger partial charge in [0.1, 0.15) is 17.1 Å². The Morgan fingerprint density at radius 2 is 1.62 bits per heavy atom. The minimum absolute atomic E-state index is 0.0868. The van der Waals surface area contributed by atoms with E-state index in [2.05, 4.69) is 5.32 Å². The largest absolute Gasteiger partial charge is 0.496 e. The van der Waals surface area contributed by atoms with Crippen molar-refractivity contribution in [3.8, 4) is 11.5 Å². The van der Waals surface area contributed by atoms with Gasteiger partial charge in [0.2, 0.25) is 5.91 Å². The monoisotopic (exact) mass is 332 g/mol. The van der Waals surface area contributed by atoms with Crippen LogP contribution < -0.4 is 14.8 Å². The Labute approximate surface area is 142 Å². The number of hydrogen-bond acceptors (Lipinski definition) is 4. The van der Waals surface area contributed by atoms with Crippen molar-refractivity contribution in [2.24, 2.45) is 5.92 Å². The highest BCUT2D eigenvalue weighted by molar-refractivity contribution is 5.99. The minimum atomic E-state index is -0.0868. The van der Waals surface area contributed by atoms with Gasteiger partial charge in [0, 0.05) is 25.0 Å². The molecule has 1 aromatic rings. The quantitative estimate of drug-likeness (QED) is 0.893. The van der Waals surface area contributed by atoms with Crippen molar-refractivity contribution < 1.29 is 19.1 Å². The molecule has 1 aromatic carbocycles. The standard InChI is InChI=1S/C18H24N2O4/c1-23-14-4-3-5-15(24-2)16(14)18(22)20-10-8-13(9-11-20)19-17(21)12-6-7-12/h3-5,12-13H,6-11H2,1-2H3,(H,19,21). The van der Waals surface area contributed by atoms with Crippen molar-refractivity contribution in [1.29, 1.82) is 0 Å². The Morgan fingerprint density at radius 1 is 1.04 bits per heavy atom. The molecule has 130 valence electrons. The van der Waals surface area contributed by atoms with Crippen LogP contribution in [0.3, 0.4) is 0 Å². The Kier molecular flexibility index (Phi) is 4.92. The number of likely N-dealkylation sites (tertiary alicyclic amines) is 1. The molecule has 0 bridgehead atoms. The van der Waals surface area contributed by atoms with Gasteiger partial charge in [-0.2, -0.15) is 0 Å². The summed E-state index contributed by atoms with van der Waals surface area (Å²) in [5, 5.41) is 3.10. The van der Waals surface area contributed by atoms with Crippen LogP contribution in [-0.2, 0) is 4.79 Å². The zero-order valence-corrected chi connectivity index (χ0v) is 14.2. The Morgan fingerprint density at radius 3 is 2.12 bits per heavy atom. The summed E-state index contributed by atoms with van der Waals surface area (Å²) >= 11 is 0. The zero-order chi connectivity index (χ0) is 17.1. The number of benzene rings is 1. The van der Waals surface area contributed by atoms with E-state index in [4.69, 9.17) is 9.47 Å². The maximum absolute atomic E-state index is 12.9. The Balaban J connectivity index is 1.64. The van der Waals surface area contributed by atoms with E-state index in [1.165, 1.54) is 0 Å². The van der Waals surface area contributed by atoms with Gasteiger partial charge in [0.05, 0.1) is 14.2 Å². The van der Waals surface area contributed by atoms with Crippen LogP contribution in [0.1, 0.15) is 36.0 Å². The van der Waals surface area contributed by atoms with Gasteiger partial charge >= 0.3 is 0 Å². The Bertz CT molecular complexity index is 597. The van der Waals surface area contributed by atoms with Gasteiger partial charge < -0.3 is 19.7 Å². The highest BCUT2D eigenvalue weighted by Crippen LogP contribution is 2.31. The summed E-state index contributed by atoms with van der Waals surface area (Å²) in [6.07, 6.45) is 3.58. The maximum atomic E-state index is 12.9. The average molecular weight is 332 g/mol. The predicted octanol–water partition coefficient (Wildman–Crippen LogP) is 1.83. The second-order valence-corrected chi connectivity index (χ2v) is 6.39. The molecule has 1 saturated heterocycles. The first-order valence-corrected chi connectivity index (χ1v) is 8.44. The summed E-state index contributed by atoms with van der Waals surface area (Å²) in [6, 6.07) is 5.49. The second kappa shape index (κ2) is 7.11. The van der Waals surface area contributed by atoms with Crippen molar-refractivity contribution in [2.45, 2.75) is 31.7 Å². The third-order valence-electron chi connectivity index (χ3n) is 4.72. The van der Waals surface area contributed by atoms with E-state index in [-0.39, 0.29) is 23.8 Å². The lowest BCUT2D eigenvalue weighted by molar-refractivity contribution is -0.123. The van der Waals surface area contributed by atoms with Crippen LogP contribution in [0.25, 0.3) is 0 Å². The van der Waals surface area contributed by atoms with E-state index < -0.39 is 0 Å². The van der Waals surface area contributed by atoms with E-state index in [0.717, 1.165) is 25.7 Å². The summed E-state index contributed by atoms with van der Waals surface area (Å²) in [5.74, 6) is 1.34. The van der Waals surface area contributed by atoms with E-state index >= 15 is 0 Å². The molecule has 1 N–H and O–H groups in total. The molecule has 2 aliphatic rings. The summed E-state index contributed by atoms with van der Waals surface area (Å²) in [6.45, 7) is 1.24. The molecule has 0 atom stereocenters. The number of methoxy groups -OCH3 is 2. The highest BCUT2D eigenvalue weighted by atomic mass is 16.5. The number of nitrogens with one attached hydrogen (secondary N) is 1. The van der Waals surface area contributed by atoms with Crippen molar-refractivity contribution in [2.75, 3.05) is 27.3 Å². The lowest BCUT2D eigenvalue weighted by Crippen LogP contribution is -2.47. The molecule has 24 heavy (non-hydrogen) atoms. The number of nitrogens with zero attached hydrogens (tertiary/aromatic N) is 1. The molecule has 2 fully saturated rings. The van der Waals surface area contributed by atoms with Crippen LogP contribution in [0, 0.1) is 5.92 Å². The van der Waals surface area contributed by atoms with E-state index in [1.807, 2.05) is 0 Å². The molecule has 0 unspecified atom stereocenters. The van der Waals surface area contributed by atoms with Crippen LogP contribution in [0.4, 0.5) is 0 Å². The second-order valence-electron chi connectivity index (χ2n) is 6.39. The van der Waals surface area contributed by atoms with Crippen molar-refractivity contribution in [1.82, 2.24) is 10.2 Å². The number of piperidine rings is 1. The fourth-order valence-electron chi connectivity index (χ4n) is 3.11. The number of carbonyl (C=O) groups is 2. The molecule has 2 amide bonds. The number of carbonyl (C=O) groups excluding carboxylic acids is 2. The molecule has 3 rings (SSSR count). The molecular formula is C18H24N2O4. The van der Waals surface area contributed by atoms with E-state index in [9.17, 15) is 9.59 Å². The van der Waals surface area contributed by atoms with Gasteiger partial charge in [-0.05, 0) is 37.8 Å². The maximum Gasteiger partial charge on any atom is 0.261 e. The highest BCUT2D eigenvalue weighted by Gasteiger charge is 2.33. The molecule has 1 heterocycles. The van der Waals surface area contributed by atoms with Gasteiger partial charge in [-0.25, -0.2) is 0 Å². The molecule has 6 heteroatoms. The van der Waals surface area contributed by atoms with Crippen LogP contribution >= 0.6 is 0 Å². The first-order valence-electron chi connectivity index (χ1n) is 8.44. The zero-order valence-electron chi connectivity index (χ0n) is 14.2. The summed E-state index contributed by atoms with van der Waals surface area (Å²) in [7, 11) is 3.09. The topological polar surface area (TPSA) is 67.9 Å². The van der Waals surface area contributed by atoms with Crippen LogP contribution in [0.5, 0.6) is 11.5 Å². The third-order valence-corrected chi connectivity index (χ3v) is 4.72. The van der Waals surface area contributed by atoms with Crippen molar-refractivity contribution in [3.05, 3.63) is 23.8 Å². The molecule has 0 spiro atoms. The molecule has 1 aliphatic carbocycles. The first-order chi connectivity index (χ1) is 11.6. The van der Waals surface area contributed by atoms with E-state index in [0.29, 0.717) is 30.2 Å². The van der Waals surface area contributed by atoms with Crippen LogP contribution in [0.2, 0.25) is 0 Å². The molecule has 1 saturated carbocycles.